The van der Waals surface area contributed by atoms with Gasteiger partial charge in [-0.15, -0.1) is 0 Å². The molecule has 0 saturated heterocycles. The topological polar surface area (TPSA) is 20.2 Å². The second-order valence-corrected chi connectivity index (χ2v) is 4.22. The number of alkyl halides is 1. The van der Waals surface area contributed by atoms with Crippen LogP contribution < -0.4 is 0 Å². The SMILES string of the molecule is C[C@H]1CC[C@@H](C(C)(C)F)[C@@H]1O. The Bertz CT molecular complexity index is 139. The molecular weight excluding hydrogens is 143 g/mol. The summed E-state index contributed by atoms with van der Waals surface area (Å²) in [5.41, 5.74) is -1.22. The first-order valence-corrected chi connectivity index (χ1v) is 4.30. The molecule has 0 aromatic rings. The third-order valence-corrected chi connectivity index (χ3v) is 2.81. The van der Waals surface area contributed by atoms with Crippen molar-refractivity contribution in [3.63, 3.8) is 0 Å². The second kappa shape index (κ2) is 2.74. The molecule has 0 heterocycles. The van der Waals surface area contributed by atoms with Crippen molar-refractivity contribution in [1.82, 2.24) is 0 Å². The van der Waals surface area contributed by atoms with Crippen molar-refractivity contribution in [2.24, 2.45) is 11.8 Å². The van der Waals surface area contributed by atoms with Crippen LogP contribution in [0.1, 0.15) is 33.6 Å². The number of hydrogen-bond donors (Lipinski definition) is 1. The van der Waals surface area contributed by atoms with Gasteiger partial charge in [0.15, 0.2) is 0 Å². The summed E-state index contributed by atoms with van der Waals surface area (Å²) in [5, 5.41) is 9.55. The standard InChI is InChI=1S/C9H17FO/c1-6-4-5-7(8(6)11)9(2,3)10/h6-8,11H,4-5H2,1-3H3/t6-,7+,8+/m0/s1. The van der Waals surface area contributed by atoms with Crippen LogP contribution >= 0.6 is 0 Å². The van der Waals surface area contributed by atoms with E-state index in [0.717, 1.165) is 12.8 Å². The van der Waals surface area contributed by atoms with Gasteiger partial charge in [-0.3, -0.25) is 0 Å². The van der Waals surface area contributed by atoms with E-state index in [-0.39, 0.29) is 11.8 Å². The summed E-state index contributed by atoms with van der Waals surface area (Å²) in [6.07, 6.45) is 1.35. The molecule has 66 valence electrons. The fraction of sp³-hybridized carbons (Fsp3) is 1.00. The zero-order chi connectivity index (χ0) is 8.65. The molecule has 3 atom stereocenters. The molecule has 1 N–H and O–H groups in total. The normalized spacial score (nSPS) is 39.5. The van der Waals surface area contributed by atoms with Crippen molar-refractivity contribution < 1.29 is 9.50 Å². The minimum Gasteiger partial charge on any atom is -0.392 e. The molecule has 0 unspecified atom stereocenters. The molecule has 1 rings (SSSR count). The summed E-state index contributed by atoms with van der Waals surface area (Å²) in [4.78, 5) is 0. The predicted octanol–water partition coefficient (Wildman–Crippen LogP) is 2.14. The fourth-order valence-corrected chi connectivity index (χ4v) is 1.93. The van der Waals surface area contributed by atoms with Crippen LogP contribution in [0.4, 0.5) is 4.39 Å². The Balaban J connectivity index is 2.62. The van der Waals surface area contributed by atoms with E-state index in [0.29, 0.717) is 0 Å². The maximum atomic E-state index is 13.4. The Morgan fingerprint density at radius 1 is 1.36 bits per heavy atom. The number of halogens is 1. The molecule has 0 spiro atoms. The Kier molecular flexibility index (Phi) is 2.24. The van der Waals surface area contributed by atoms with Crippen LogP contribution in [-0.2, 0) is 0 Å². The Labute approximate surface area is 67.6 Å². The van der Waals surface area contributed by atoms with Crippen LogP contribution in [0, 0.1) is 11.8 Å². The van der Waals surface area contributed by atoms with Gasteiger partial charge in [0.25, 0.3) is 0 Å². The van der Waals surface area contributed by atoms with Crippen molar-refractivity contribution >= 4 is 0 Å². The largest absolute Gasteiger partial charge is 0.392 e. The molecule has 1 nitrogen and oxygen atoms in total. The predicted molar refractivity (Wildman–Crippen MR) is 43.1 cm³/mol. The highest BCUT2D eigenvalue weighted by Gasteiger charge is 2.41. The van der Waals surface area contributed by atoms with Gasteiger partial charge in [-0.05, 0) is 32.6 Å². The first kappa shape index (κ1) is 8.98. The van der Waals surface area contributed by atoms with Gasteiger partial charge in [0.05, 0.1) is 6.10 Å². The number of aliphatic hydroxyl groups is 1. The molecule has 0 aromatic heterocycles. The average Bonchev–Trinajstić information content (AvgIpc) is 2.11. The quantitative estimate of drug-likeness (QED) is 0.623. The van der Waals surface area contributed by atoms with E-state index in [9.17, 15) is 9.50 Å². The Morgan fingerprint density at radius 2 is 1.91 bits per heavy atom. The Morgan fingerprint density at radius 3 is 2.09 bits per heavy atom. The van der Waals surface area contributed by atoms with Gasteiger partial charge < -0.3 is 5.11 Å². The maximum Gasteiger partial charge on any atom is 0.110 e. The van der Waals surface area contributed by atoms with Crippen LogP contribution in [0.25, 0.3) is 0 Å². The second-order valence-electron chi connectivity index (χ2n) is 4.22. The van der Waals surface area contributed by atoms with E-state index in [4.69, 9.17) is 0 Å². The lowest BCUT2D eigenvalue weighted by Gasteiger charge is -2.26. The summed E-state index contributed by atoms with van der Waals surface area (Å²) in [5.74, 6) is 0.118. The molecule has 1 fully saturated rings. The summed E-state index contributed by atoms with van der Waals surface area (Å²) in [7, 11) is 0. The first-order valence-electron chi connectivity index (χ1n) is 4.30. The van der Waals surface area contributed by atoms with E-state index < -0.39 is 11.8 Å². The third-order valence-electron chi connectivity index (χ3n) is 2.81. The van der Waals surface area contributed by atoms with E-state index >= 15 is 0 Å². The molecule has 0 aliphatic heterocycles. The van der Waals surface area contributed by atoms with Crippen LogP contribution in [0.3, 0.4) is 0 Å². The van der Waals surface area contributed by atoms with Crippen LogP contribution in [0.2, 0.25) is 0 Å². The van der Waals surface area contributed by atoms with Gasteiger partial charge in [-0.2, -0.15) is 0 Å². The third kappa shape index (κ3) is 1.73. The van der Waals surface area contributed by atoms with Gasteiger partial charge in [-0.1, -0.05) is 6.92 Å². The maximum absolute atomic E-state index is 13.4. The van der Waals surface area contributed by atoms with Crippen molar-refractivity contribution in [2.75, 3.05) is 0 Å². The van der Waals surface area contributed by atoms with Gasteiger partial charge >= 0.3 is 0 Å². The highest BCUT2D eigenvalue weighted by molar-refractivity contribution is 4.91. The highest BCUT2D eigenvalue weighted by Crippen LogP contribution is 2.39. The van der Waals surface area contributed by atoms with E-state index in [1.807, 2.05) is 6.92 Å². The fourth-order valence-electron chi connectivity index (χ4n) is 1.93. The summed E-state index contributed by atoms with van der Waals surface area (Å²) < 4.78 is 13.4. The molecule has 0 amide bonds. The zero-order valence-electron chi connectivity index (χ0n) is 7.47. The lowest BCUT2D eigenvalue weighted by Crippen LogP contribution is -2.33. The molecule has 1 aliphatic rings. The van der Waals surface area contributed by atoms with Crippen LogP contribution in [0.5, 0.6) is 0 Å². The molecule has 0 aromatic carbocycles. The average molecular weight is 160 g/mol. The molecular formula is C9H17FO. The number of aliphatic hydroxyl groups excluding tert-OH is 1. The van der Waals surface area contributed by atoms with Crippen molar-refractivity contribution in [3.05, 3.63) is 0 Å². The molecule has 0 bridgehead atoms. The number of rotatable bonds is 1. The summed E-state index contributed by atoms with van der Waals surface area (Å²) >= 11 is 0. The lowest BCUT2D eigenvalue weighted by molar-refractivity contribution is 0.0147. The van der Waals surface area contributed by atoms with Gasteiger partial charge in [0, 0.05) is 5.92 Å². The van der Waals surface area contributed by atoms with Gasteiger partial charge in [-0.25, -0.2) is 4.39 Å². The molecule has 1 aliphatic carbocycles. The van der Waals surface area contributed by atoms with E-state index in [1.165, 1.54) is 0 Å². The lowest BCUT2D eigenvalue weighted by atomic mass is 9.88. The molecule has 1 saturated carbocycles. The molecule has 0 radical (unpaired) electrons. The minimum atomic E-state index is -1.22. The van der Waals surface area contributed by atoms with Crippen molar-refractivity contribution in [2.45, 2.75) is 45.4 Å². The van der Waals surface area contributed by atoms with Crippen LogP contribution in [0.15, 0.2) is 0 Å². The van der Waals surface area contributed by atoms with Gasteiger partial charge in [0.1, 0.15) is 5.67 Å². The monoisotopic (exact) mass is 160 g/mol. The Hall–Kier alpha value is -0.110. The molecule has 2 heteroatoms. The van der Waals surface area contributed by atoms with Gasteiger partial charge in [0.2, 0.25) is 0 Å². The summed E-state index contributed by atoms with van der Waals surface area (Å²) in [6, 6.07) is 0. The van der Waals surface area contributed by atoms with Crippen LogP contribution in [-0.4, -0.2) is 16.9 Å². The van der Waals surface area contributed by atoms with E-state index in [1.54, 1.807) is 13.8 Å². The van der Waals surface area contributed by atoms with E-state index in [2.05, 4.69) is 0 Å². The highest BCUT2D eigenvalue weighted by atomic mass is 19.1. The van der Waals surface area contributed by atoms with Crippen molar-refractivity contribution in [1.29, 1.82) is 0 Å². The minimum absolute atomic E-state index is 0.155. The molecule has 11 heavy (non-hydrogen) atoms. The summed E-state index contributed by atoms with van der Waals surface area (Å²) in [6.45, 7) is 5.09. The first-order chi connectivity index (χ1) is 4.93. The zero-order valence-corrected chi connectivity index (χ0v) is 7.47. The number of hydrogen-bond acceptors (Lipinski definition) is 1. The smallest absolute Gasteiger partial charge is 0.110 e. The van der Waals surface area contributed by atoms with Crippen molar-refractivity contribution in [3.8, 4) is 0 Å².